The molecule has 0 spiro atoms. The molecule has 0 heterocycles. The standard InChI is InChI=1S/C24H30Cl2FN3O4S/c1-5-16(3)28-24(32)22(6-2)29(14-19-20(25)11-8-12-21(19)26)23(31)15-30(35(4,33)34)18-10-7-9-17(27)13-18/h7-13,16,22H,5-6,14-15H2,1-4H3,(H,28,32)/t16-,22+/m0/s1. The number of anilines is 1. The first-order valence-electron chi connectivity index (χ1n) is 11.1. The first-order valence-corrected chi connectivity index (χ1v) is 13.7. The fourth-order valence-electron chi connectivity index (χ4n) is 3.46. The third kappa shape index (κ3) is 7.81. The fourth-order valence-corrected chi connectivity index (χ4v) is 4.82. The Labute approximate surface area is 216 Å². The van der Waals surface area contributed by atoms with Gasteiger partial charge >= 0.3 is 0 Å². The van der Waals surface area contributed by atoms with E-state index in [2.05, 4.69) is 5.32 Å². The summed E-state index contributed by atoms with van der Waals surface area (Å²) >= 11 is 12.7. The van der Waals surface area contributed by atoms with Crippen molar-refractivity contribution < 1.29 is 22.4 Å². The number of nitrogens with zero attached hydrogens (tertiary/aromatic N) is 2. The van der Waals surface area contributed by atoms with Gasteiger partial charge in [0.05, 0.1) is 11.9 Å². The molecule has 0 aliphatic rings. The largest absolute Gasteiger partial charge is 0.352 e. The first kappa shape index (κ1) is 28.9. The van der Waals surface area contributed by atoms with Crippen molar-refractivity contribution in [3.63, 3.8) is 0 Å². The molecule has 2 rings (SSSR count). The predicted octanol–water partition coefficient (Wildman–Crippen LogP) is 4.62. The molecule has 0 aromatic heterocycles. The monoisotopic (exact) mass is 545 g/mol. The zero-order chi connectivity index (χ0) is 26.3. The van der Waals surface area contributed by atoms with E-state index in [-0.39, 0.29) is 30.6 Å². The van der Waals surface area contributed by atoms with Crippen molar-refractivity contribution in [3.05, 3.63) is 63.9 Å². The van der Waals surface area contributed by atoms with Gasteiger partial charge in [-0.3, -0.25) is 13.9 Å². The molecule has 35 heavy (non-hydrogen) atoms. The van der Waals surface area contributed by atoms with Crippen LogP contribution in [0.3, 0.4) is 0 Å². The summed E-state index contributed by atoms with van der Waals surface area (Å²) in [5.74, 6) is -1.69. The Morgan fingerprint density at radius 3 is 2.17 bits per heavy atom. The average Bonchev–Trinajstić information content (AvgIpc) is 2.78. The van der Waals surface area contributed by atoms with Gasteiger partial charge in [0.1, 0.15) is 18.4 Å². The number of amides is 2. The van der Waals surface area contributed by atoms with Crippen LogP contribution >= 0.6 is 23.2 Å². The molecule has 2 aromatic carbocycles. The number of carbonyl (C=O) groups is 2. The molecule has 0 fully saturated rings. The van der Waals surface area contributed by atoms with Gasteiger partial charge in [-0.1, -0.05) is 49.2 Å². The van der Waals surface area contributed by atoms with E-state index in [4.69, 9.17) is 23.2 Å². The molecule has 0 bridgehead atoms. The van der Waals surface area contributed by atoms with Gasteiger partial charge in [0.15, 0.2) is 0 Å². The molecule has 192 valence electrons. The van der Waals surface area contributed by atoms with Gasteiger partial charge in [-0.15, -0.1) is 0 Å². The van der Waals surface area contributed by atoms with Gasteiger partial charge in [-0.25, -0.2) is 12.8 Å². The summed E-state index contributed by atoms with van der Waals surface area (Å²) in [6.45, 7) is 4.75. The van der Waals surface area contributed by atoms with Crippen molar-refractivity contribution in [2.75, 3.05) is 17.1 Å². The number of hydrogen-bond donors (Lipinski definition) is 1. The maximum atomic E-state index is 13.8. The van der Waals surface area contributed by atoms with Crippen LogP contribution in [-0.2, 0) is 26.2 Å². The normalized spacial score (nSPS) is 13.1. The van der Waals surface area contributed by atoms with Crippen LogP contribution in [0.15, 0.2) is 42.5 Å². The van der Waals surface area contributed by atoms with Crippen molar-refractivity contribution in [3.8, 4) is 0 Å². The molecule has 0 saturated heterocycles. The van der Waals surface area contributed by atoms with Crippen molar-refractivity contribution in [1.29, 1.82) is 0 Å². The maximum Gasteiger partial charge on any atom is 0.244 e. The predicted molar refractivity (Wildman–Crippen MR) is 138 cm³/mol. The minimum Gasteiger partial charge on any atom is -0.352 e. The lowest BCUT2D eigenvalue weighted by Gasteiger charge is -2.33. The molecule has 0 saturated carbocycles. The van der Waals surface area contributed by atoms with E-state index < -0.39 is 34.3 Å². The van der Waals surface area contributed by atoms with E-state index in [1.165, 1.54) is 23.1 Å². The summed E-state index contributed by atoms with van der Waals surface area (Å²) in [5.41, 5.74) is 0.421. The van der Waals surface area contributed by atoms with Crippen LogP contribution in [0.2, 0.25) is 10.0 Å². The van der Waals surface area contributed by atoms with Gasteiger partial charge in [-0.2, -0.15) is 0 Å². The molecule has 0 aliphatic heterocycles. The van der Waals surface area contributed by atoms with Crippen molar-refractivity contribution in [2.45, 2.75) is 52.2 Å². The summed E-state index contributed by atoms with van der Waals surface area (Å²) in [6.07, 6.45) is 1.87. The van der Waals surface area contributed by atoms with E-state index in [0.29, 0.717) is 22.0 Å². The Morgan fingerprint density at radius 2 is 1.66 bits per heavy atom. The Balaban J connectivity index is 2.50. The van der Waals surface area contributed by atoms with Crippen molar-refractivity contribution >= 4 is 50.7 Å². The molecule has 2 amide bonds. The second kappa shape index (κ2) is 12.6. The van der Waals surface area contributed by atoms with Crippen molar-refractivity contribution in [1.82, 2.24) is 10.2 Å². The second-order valence-corrected chi connectivity index (χ2v) is 10.9. The summed E-state index contributed by atoms with van der Waals surface area (Å²) in [6, 6.07) is 8.77. The number of rotatable bonds is 11. The smallest absolute Gasteiger partial charge is 0.244 e. The Bertz CT molecular complexity index is 1140. The molecule has 11 heteroatoms. The minimum absolute atomic E-state index is 0.00585. The van der Waals surface area contributed by atoms with Crippen LogP contribution < -0.4 is 9.62 Å². The Hall–Kier alpha value is -2.36. The third-order valence-electron chi connectivity index (χ3n) is 5.55. The first-order chi connectivity index (χ1) is 16.4. The maximum absolute atomic E-state index is 13.8. The number of sulfonamides is 1. The lowest BCUT2D eigenvalue weighted by atomic mass is 10.1. The number of nitrogens with one attached hydrogen (secondary N) is 1. The van der Waals surface area contributed by atoms with E-state index in [1.807, 2.05) is 13.8 Å². The number of halogens is 3. The van der Waals surface area contributed by atoms with Crippen LogP contribution in [0.5, 0.6) is 0 Å². The molecule has 0 unspecified atom stereocenters. The Kier molecular flexibility index (Phi) is 10.4. The van der Waals surface area contributed by atoms with Crippen LogP contribution in [0, 0.1) is 5.82 Å². The highest BCUT2D eigenvalue weighted by atomic mass is 35.5. The van der Waals surface area contributed by atoms with E-state index in [0.717, 1.165) is 16.6 Å². The van der Waals surface area contributed by atoms with Crippen LogP contribution in [0.1, 0.15) is 39.2 Å². The topological polar surface area (TPSA) is 86.8 Å². The average molecular weight is 546 g/mol. The van der Waals surface area contributed by atoms with Gasteiger partial charge < -0.3 is 10.2 Å². The molecule has 7 nitrogen and oxygen atoms in total. The van der Waals surface area contributed by atoms with Crippen LogP contribution in [-0.4, -0.2) is 50.0 Å². The molecular weight excluding hydrogens is 516 g/mol. The zero-order valence-electron chi connectivity index (χ0n) is 20.1. The third-order valence-corrected chi connectivity index (χ3v) is 7.40. The lowest BCUT2D eigenvalue weighted by Crippen LogP contribution is -2.53. The minimum atomic E-state index is -3.96. The summed E-state index contributed by atoms with van der Waals surface area (Å²) in [5, 5.41) is 3.48. The van der Waals surface area contributed by atoms with Gasteiger partial charge in [0.2, 0.25) is 21.8 Å². The summed E-state index contributed by atoms with van der Waals surface area (Å²) in [7, 11) is -3.96. The molecular formula is C24H30Cl2FN3O4S. The summed E-state index contributed by atoms with van der Waals surface area (Å²) < 4.78 is 39.7. The van der Waals surface area contributed by atoms with E-state index >= 15 is 0 Å². The van der Waals surface area contributed by atoms with Gasteiger partial charge in [0.25, 0.3) is 0 Å². The molecule has 2 atom stereocenters. The van der Waals surface area contributed by atoms with Crippen LogP contribution in [0.4, 0.5) is 10.1 Å². The number of benzene rings is 2. The Morgan fingerprint density at radius 1 is 1.06 bits per heavy atom. The zero-order valence-corrected chi connectivity index (χ0v) is 22.4. The lowest BCUT2D eigenvalue weighted by molar-refractivity contribution is -0.140. The second-order valence-electron chi connectivity index (χ2n) is 8.21. The highest BCUT2D eigenvalue weighted by Crippen LogP contribution is 2.28. The SMILES string of the molecule is CC[C@H](C(=O)N[C@@H](C)CC)N(Cc1c(Cl)cccc1Cl)C(=O)CN(c1cccc(F)c1)S(C)(=O)=O. The summed E-state index contributed by atoms with van der Waals surface area (Å²) in [4.78, 5) is 28.0. The molecule has 0 aliphatic carbocycles. The van der Waals surface area contributed by atoms with E-state index in [1.54, 1.807) is 25.1 Å². The number of hydrogen-bond acceptors (Lipinski definition) is 4. The van der Waals surface area contributed by atoms with Crippen molar-refractivity contribution in [2.24, 2.45) is 0 Å². The molecule has 0 radical (unpaired) electrons. The van der Waals surface area contributed by atoms with Crippen LogP contribution in [0.25, 0.3) is 0 Å². The van der Waals surface area contributed by atoms with Gasteiger partial charge in [0, 0.05) is 28.2 Å². The molecule has 2 aromatic rings. The highest BCUT2D eigenvalue weighted by Gasteiger charge is 2.33. The highest BCUT2D eigenvalue weighted by molar-refractivity contribution is 7.92. The number of carbonyl (C=O) groups excluding carboxylic acids is 2. The van der Waals surface area contributed by atoms with Gasteiger partial charge in [-0.05, 0) is 50.1 Å². The quantitative estimate of drug-likeness (QED) is 0.446. The fraction of sp³-hybridized carbons (Fsp3) is 0.417. The van der Waals surface area contributed by atoms with E-state index in [9.17, 15) is 22.4 Å². The molecule has 1 N–H and O–H groups in total.